The number of nitrogens with zero attached hydrogens (tertiary/aromatic N) is 2. The fraction of sp³-hybridized carbons (Fsp3) is 0.190. The monoisotopic (exact) mass is 392 g/mol. The van der Waals surface area contributed by atoms with E-state index in [1.807, 2.05) is 24.3 Å². The summed E-state index contributed by atoms with van der Waals surface area (Å²) in [5.74, 6) is 2.12. The second-order valence-electron chi connectivity index (χ2n) is 6.20. The summed E-state index contributed by atoms with van der Waals surface area (Å²) in [4.78, 5) is 20.8. The van der Waals surface area contributed by atoms with Gasteiger partial charge < -0.3 is 24.8 Å². The highest BCUT2D eigenvalue weighted by Gasteiger charge is 2.14. The first-order chi connectivity index (χ1) is 14.2. The smallest absolute Gasteiger partial charge is 0.340 e. The van der Waals surface area contributed by atoms with E-state index in [9.17, 15) is 4.79 Å². The van der Waals surface area contributed by atoms with Crippen LogP contribution in [-0.4, -0.2) is 29.3 Å². The molecule has 0 radical (unpaired) electrons. The van der Waals surface area contributed by atoms with Gasteiger partial charge >= 0.3 is 5.97 Å². The van der Waals surface area contributed by atoms with Gasteiger partial charge in [0.25, 0.3) is 0 Å². The maximum absolute atomic E-state index is 12.1. The SMILES string of the molecule is CCOC(=O)c1ccccc1Nc1ccnc(NCc2ccc3c(c2)OCO3)n1. The number of aromatic nitrogens is 2. The highest BCUT2D eigenvalue weighted by molar-refractivity contribution is 5.96. The average Bonchev–Trinajstić information content (AvgIpc) is 3.21. The predicted octanol–water partition coefficient (Wildman–Crippen LogP) is 3.74. The van der Waals surface area contributed by atoms with Crippen LogP contribution in [0.1, 0.15) is 22.8 Å². The lowest BCUT2D eigenvalue weighted by Crippen LogP contribution is -2.09. The van der Waals surface area contributed by atoms with E-state index in [1.54, 1.807) is 37.4 Å². The molecular formula is C21H20N4O4. The van der Waals surface area contributed by atoms with Gasteiger partial charge in [-0.15, -0.1) is 0 Å². The average molecular weight is 392 g/mol. The molecule has 0 aliphatic carbocycles. The first kappa shape index (κ1) is 18.5. The van der Waals surface area contributed by atoms with Crippen LogP contribution in [0.4, 0.5) is 17.5 Å². The lowest BCUT2D eigenvalue weighted by atomic mass is 10.2. The van der Waals surface area contributed by atoms with E-state index < -0.39 is 0 Å². The molecule has 1 aromatic heterocycles. The van der Waals surface area contributed by atoms with Gasteiger partial charge in [-0.05, 0) is 42.8 Å². The molecule has 0 atom stereocenters. The zero-order chi connectivity index (χ0) is 20.1. The van der Waals surface area contributed by atoms with Crippen LogP contribution in [0.3, 0.4) is 0 Å². The number of hydrogen-bond acceptors (Lipinski definition) is 8. The van der Waals surface area contributed by atoms with E-state index in [4.69, 9.17) is 14.2 Å². The summed E-state index contributed by atoms with van der Waals surface area (Å²) in [5.41, 5.74) is 2.08. The number of carbonyl (C=O) groups excluding carboxylic acids is 1. The highest BCUT2D eigenvalue weighted by Crippen LogP contribution is 2.32. The van der Waals surface area contributed by atoms with Crippen molar-refractivity contribution in [3.8, 4) is 11.5 Å². The summed E-state index contributed by atoms with van der Waals surface area (Å²) < 4.78 is 15.8. The Morgan fingerprint density at radius 3 is 2.90 bits per heavy atom. The summed E-state index contributed by atoms with van der Waals surface area (Å²) in [6, 6.07) is 14.6. The maximum atomic E-state index is 12.1. The molecule has 0 spiro atoms. The number of fused-ring (bicyclic) bond motifs is 1. The zero-order valence-electron chi connectivity index (χ0n) is 15.8. The molecule has 0 amide bonds. The maximum Gasteiger partial charge on any atom is 0.340 e. The molecule has 2 heterocycles. The van der Waals surface area contributed by atoms with Gasteiger partial charge in [0.2, 0.25) is 12.7 Å². The fourth-order valence-corrected chi connectivity index (χ4v) is 2.86. The zero-order valence-corrected chi connectivity index (χ0v) is 15.8. The van der Waals surface area contributed by atoms with E-state index in [1.165, 1.54) is 0 Å². The molecular weight excluding hydrogens is 372 g/mol. The van der Waals surface area contributed by atoms with E-state index in [-0.39, 0.29) is 12.8 Å². The molecule has 0 bridgehead atoms. The van der Waals surface area contributed by atoms with Gasteiger partial charge in [0.1, 0.15) is 5.82 Å². The molecule has 2 aromatic carbocycles. The Morgan fingerprint density at radius 2 is 2.00 bits per heavy atom. The minimum absolute atomic E-state index is 0.246. The van der Waals surface area contributed by atoms with E-state index >= 15 is 0 Å². The van der Waals surface area contributed by atoms with Crippen molar-refractivity contribution in [3.63, 3.8) is 0 Å². The summed E-state index contributed by atoms with van der Waals surface area (Å²) in [7, 11) is 0. The van der Waals surface area contributed by atoms with Gasteiger partial charge in [-0.1, -0.05) is 18.2 Å². The Balaban J connectivity index is 1.45. The molecule has 0 saturated carbocycles. The van der Waals surface area contributed by atoms with Crippen molar-refractivity contribution in [1.29, 1.82) is 0 Å². The van der Waals surface area contributed by atoms with Crippen molar-refractivity contribution in [3.05, 3.63) is 65.9 Å². The van der Waals surface area contributed by atoms with Gasteiger partial charge in [0.05, 0.1) is 17.9 Å². The minimum Gasteiger partial charge on any atom is -0.462 e. The molecule has 0 fully saturated rings. The first-order valence-corrected chi connectivity index (χ1v) is 9.21. The second-order valence-corrected chi connectivity index (χ2v) is 6.20. The van der Waals surface area contributed by atoms with Crippen molar-refractivity contribution in [2.24, 2.45) is 0 Å². The fourth-order valence-electron chi connectivity index (χ4n) is 2.86. The largest absolute Gasteiger partial charge is 0.462 e. The molecule has 1 aliphatic rings. The highest BCUT2D eigenvalue weighted by atomic mass is 16.7. The number of hydrogen-bond donors (Lipinski definition) is 2. The number of anilines is 3. The van der Waals surface area contributed by atoms with Crippen LogP contribution in [0.15, 0.2) is 54.7 Å². The van der Waals surface area contributed by atoms with Gasteiger partial charge in [-0.3, -0.25) is 0 Å². The molecule has 29 heavy (non-hydrogen) atoms. The van der Waals surface area contributed by atoms with Crippen molar-refractivity contribution in [2.45, 2.75) is 13.5 Å². The van der Waals surface area contributed by atoms with Crippen LogP contribution in [0.5, 0.6) is 11.5 Å². The van der Waals surface area contributed by atoms with E-state index in [0.29, 0.717) is 36.2 Å². The number of para-hydroxylation sites is 1. The lowest BCUT2D eigenvalue weighted by Gasteiger charge is -2.12. The van der Waals surface area contributed by atoms with Crippen molar-refractivity contribution in [2.75, 3.05) is 24.0 Å². The van der Waals surface area contributed by atoms with E-state index in [0.717, 1.165) is 17.1 Å². The van der Waals surface area contributed by atoms with Crippen molar-refractivity contribution < 1.29 is 19.0 Å². The summed E-state index contributed by atoms with van der Waals surface area (Å²) >= 11 is 0. The standard InChI is InChI=1S/C21H20N4O4/c1-2-27-20(26)15-5-3-4-6-16(15)24-19-9-10-22-21(25-19)23-12-14-7-8-17-18(11-14)29-13-28-17/h3-11H,2,12-13H2,1H3,(H2,22,23,24,25). The minimum atomic E-state index is -0.384. The third-order valence-electron chi connectivity index (χ3n) is 4.23. The molecule has 0 unspecified atom stereocenters. The topological polar surface area (TPSA) is 94.6 Å². The number of benzene rings is 2. The molecule has 2 N–H and O–H groups in total. The number of nitrogens with one attached hydrogen (secondary N) is 2. The normalized spacial score (nSPS) is 11.8. The Bertz CT molecular complexity index is 1030. The van der Waals surface area contributed by atoms with Gasteiger partial charge in [-0.25, -0.2) is 9.78 Å². The van der Waals surface area contributed by atoms with Crippen LogP contribution in [-0.2, 0) is 11.3 Å². The molecule has 4 rings (SSSR count). The predicted molar refractivity (Wildman–Crippen MR) is 108 cm³/mol. The molecule has 1 aliphatic heterocycles. The lowest BCUT2D eigenvalue weighted by molar-refractivity contribution is 0.0527. The molecule has 0 saturated heterocycles. The quantitative estimate of drug-likeness (QED) is 0.587. The van der Waals surface area contributed by atoms with Crippen LogP contribution < -0.4 is 20.1 Å². The molecule has 8 heteroatoms. The Kier molecular flexibility index (Phi) is 5.42. The molecule has 3 aromatic rings. The first-order valence-electron chi connectivity index (χ1n) is 9.21. The Labute approximate surface area is 167 Å². The third-order valence-corrected chi connectivity index (χ3v) is 4.23. The third kappa shape index (κ3) is 4.37. The summed E-state index contributed by atoms with van der Waals surface area (Å²) in [6.07, 6.45) is 1.64. The van der Waals surface area contributed by atoms with Crippen LogP contribution in [0.25, 0.3) is 0 Å². The van der Waals surface area contributed by atoms with Crippen LogP contribution >= 0.6 is 0 Å². The number of carbonyl (C=O) groups is 1. The molecule has 148 valence electrons. The van der Waals surface area contributed by atoms with Gasteiger partial charge in [0.15, 0.2) is 11.5 Å². The number of ether oxygens (including phenoxy) is 3. The number of esters is 1. The number of rotatable bonds is 7. The summed E-state index contributed by atoms with van der Waals surface area (Å²) in [5, 5.41) is 6.34. The Morgan fingerprint density at radius 1 is 1.14 bits per heavy atom. The molecule has 8 nitrogen and oxygen atoms in total. The van der Waals surface area contributed by atoms with Crippen molar-refractivity contribution in [1.82, 2.24) is 9.97 Å². The van der Waals surface area contributed by atoms with Gasteiger partial charge in [-0.2, -0.15) is 4.98 Å². The van der Waals surface area contributed by atoms with Gasteiger partial charge in [0, 0.05) is 12.7 Å². The Hall–Kier alpha value is -3.81. The summed E-state index contributed by atoms with van der Waals surface area (Å²) in [6.45, 7) is 2.86. The van der Waals surface area contributed by atoms with E-state index in [2.05, 4.69) is 20.6 Å². The van der Waals surface area contributed by atoms with Crippen molar-refractivity contribution >= 4 is 23.4 Å². The van der Waals surface area contributed by atoms with Crippen LogP contribution in [0.2, 0.25) is 0 Å². The second kappa shape index (κ2) is 8.47. The van der Waals surface area contributed by atoms with Crippen LogP contribution in [0, 0.1) is 0 Å².